The maximum absolute atomic E-state index is 5.72. The van der Waals surface area contributed by atoms with E-state index in [1.165, 1.54) is 11.1 Å². The third-order valence-corrected chi connectivity index (χ3v) is 5.45. The van der Waals surface area contributed by atoms with E-state index in [1.807, 2.05) is 7.05 Å². The second kappa shape index (κ2) is 11.6. The van der Waals surface area contributed by atoms with Crippen molar-refractivity contribution in [2.45, 2.75) is 12.3 Å². The van der Waals surface area contributed by atoms with Crippen molar-refractivity contribution in [3.8, 4) is 0 Å². The molecular formula is C24H33N3O2. The molecule has 0 saturated carbocycles. The maximum Gasteiger partial charge on any atom is 0.193 e. The molecule has 2 aromatic carbocycles. The van der Waals surface area contributed by atoms with Gasteiger partial charge < -0.3 is 19.7 Å². The van der Waals surface area contributed by atoms with Gasteiger partial charge in [0.15, 0.2) is 5.96 Å². The Morgan fingerprint density at radius 1 is 1.07 bits per heavy atom. The summed E-state index contributed by atoms with van der Waals surface area (Å²) in [5.41, 5.74) is 2.62. The summed E-state index contributed by atoms with van der Waals surface area (Å²) in [7, 11) is 3.57. The van der Waals surface area contributed by atoms with E-state index in [-0.39, 0.29) is 5.92 Å². The number of benzene rings is 2. The van der Waals surface area contributed by atoms with Crippen LogP contribution >= 0.6 is 0 Å². The summed E-state index contributed by atoms with van der Waals surface area (Å²) >= 11 is 0. The number of aliphatic imine (C=N–C) groups is 1. The van der Waals surface area contributed by atoms with Crippen LogP contribution in [0.1, 0.15) is 23.5 Å². The molecule has 5 heteroatoms. The van der Waals surface area contributed by atoms with Crippen molar-refractivity contribution in [3.63, 3.8) is 0 Å². The number of hydrogen-bond donors (Lipinski definition) is 1. The fourth-order valence-electron chi connectivity index (χ4n) is 3.88. The summed E-state index contributed by atoms with van der Waals surface area (Å²) in [6.45, 7) is 4.91. The minimum Gasteiger partial charge on any atom is -0.382 e. The van der Waals surface area contributed by atoms with Crippen LogP contribution in [0.15, 0.2) is 65.7 Å². The van der Waals surface area contributed by atoms with Gasteiger partial charge in [-0.2, -0.15) is 0 Å². The van der Waals surface area contributed by atoms with Gasteiger partial charge in [0.25, 0.3) is 0 Å². The summed E-state index contributed by atoms with van der Waals surface area (Å²) in [5, 5.41) is 3.62. The molecule has 1 N–H and O–H groups in total. The van der Waals surface area contributed by atoms with Gasteiger partial charge in [0.1, 0.15) is 0 Å². The van der Waals surface area contributed by atoms with E-state index in [0.717, 1.165) is 38.6 Å². The van der Waals surface area contributed by atoms with Crippen LogP contribution in [-0.4, -0.2) is 64.5 Å². The smallest absolute Gasteiger partial charge is 0.193 e. The molecule has 0 radical (unpaired) electrons. The standard InChI is InChI=1S/C24H33N3O2/c1-25-24(27-14-13-20(18-27)19-29-16-15-28-2)26-17-23(21-9-5-3-6-10-21)22-11-7-4-8-12-22/h3-12,20,23H,13-19H2,1-2H3,(H,25,26). The minimum absolute atomic E-state index is 0.282. The molecule has 0 spiro atoms. The molecule has 3 rings (SSSR count). The number of likely N-dealkylation sites (tertiary alicyclic amines) is 1. The van der Waals surface area contributed by atoms with Crippen molar-refractivity contribution < 1.29 is 9.47 Å². The zero-order valence-electron chi connectivity index (χ0n) is 17.6. The van der Waals surface area contributed by atoms with Crippen LogP contribution < -0.4 is 5.32 Å². The summed E-state index contributed by atoms with van der Waals surface area (Å²) in [6, 6.07) is 21.4. The van der Waals surface area contributed by atoms with E-state index >= 15 is 0 Å². The summed E-state index contributed by atoms with van der Waals surface area (Å²) in [5.74, 6) is 1.80. The number of methoxy groups -OCH3 is 1. The molecule has 1 unspecified atom stereocenters. The molecule has 2 aromatic rings. The molecule has 1 heterocycles. The van der Waals surface area contributed by atoms with Gasteiger partial charge in [-0.15, -0.1) is 0 Å². The Balaban J connectivity index is 1.58. The molecule has 1 fully saturated rings. The van der Waals surface area contributed by atoms with Crippen LogP contribution in [0.5, 0.6) is 0 Å². The van der Waals surface area contributed by atoms with Gasteiger partial charge in [0, 0.05) is 45.6 Å². The molecule has 1 saturated heterocycles. The Hall–Kier alpha value is -2.37. The predicted octanol–water partition coefficient (Wildman–Crippen LogP) is 3.38. The lowest BCUT2D eigenvalue weighted by atomic mass is 9.91. The zero-order valence-corrected chi connectivity index (χ0v) is 17.6. The van der Waals surface area contributed by atoms with E-state index in [2.05, 4.69) is 75.9 Å². The first-order valence-electron chi connectivity index (χ1n) is 10.4. The third kappa shape index (κ3) is 6.31. The van der Waals surface area contributed by atoms with Gasteiger partial charge in [0.2, 0.25) is 0 Å². The highest BCUT2D eigenvalue weighted by atomic mass is 16.5. The van der Waals surface area contributed by atoms with Crippen LogP contribution in [0, 0.1) is 5.92 Å². The lowest BCUT2D eigenvalue weighted by Crippen LogP contribution is -2.42. The largest absolute Gasteiger partial charge is 0.382 e. The molecule has 0 aromatic heterocycles. The first kappa shape index (κ1) is 21.3. The number of guanidine groups is 1. The van der Waals surface area contributed by atoms with E-state index in [4.69, 9.17) is 9.47 Å². The van der Waals surface area contributed by atoms with E-state index < -0.39 is 0 Å². The molecule has 5 nitrogen and oxygen atoms in total. The minimum atomic E-state index is 0.282. The Kier molecular flexibility index (Phi) is 8.53. The van der Waals surface area contributed by atoms with Crippen LogP contribution in [0.4, 0.5) is 0 Å². The summed E-state index contributed by atoms with van der Waals surface area (Å²) in [4.78, 5) is 6.89. The maximum atomic E-state index is 5.72. The van der Waals surface area contributed by atoms with E-state index in [1.54, 1.807) is 7.11 Å². The quantitative estimate of drug-likeness (QED) is 0.402. The van der Waals surface area contributed by atoms with Crippen LogP contribution in [0.2, 0.25) is 0 Å². The number of ether oxygens (including phenoxy) is 2. The van der Waals surface area contributed by atoms with Gasteiger partial charge in [-0.05, 0) is 17.5 Å². The van der Waals surface area contributed by atoms with E-state index in [9.17, 15) is 0 Å². The van der Waals surface area contributed by atoms with Crippen molar-refractivity contribution in [2.75, 3.05) is 53.6 Å². The first-order valence-corrected chi connectivity index (χ1v) is 10.4. The van der Waals surface area contributed by atoms with Gasteiger partial charge in [-0.1, -0.05) is 60.7 Å². The number of hydrogen-bond acceptors (Lipinski definition) is 3. The summed E-state index contributed by atoms with van der Waals surface area (Å²) < 4.78 is 10.8. The number of nitrogens with zero attached hydrogens (tertiary/aromatic N) is 2. The third-order valence-electron chi connectivity index (χ3n) is 5.45. The average molecular weight is 396 g/mol. The molecule has 156 valence electrons. The SMILES string of the molecule is CN=C(NCC(c1ccccc1)c1ccccc1)N1CCC(COCCOC)C1. The van der Waals surface area contributed by atoms with Crippen molar-refractivity contribution in [3.05, 3.63) is 71.8 Å². The van der Waals surface area contributed by atoms with Crippen molar-refractivity contribution in [1.29, 1.82) is 0 Å². The van der Waals surface area contributed by atoms with Crippen LogP contribution in [-0.2, 0) is 9.47 Å². The number of rotatable bonds is 9. The Labute approximate surface area is 174 Å². The monoisotopic (exact) mass is 395 g/mol. The Morgan fingerprint density at radius 3 is 2.31 bits per heavy atom. The van der Waals surface area contributed by atoms with Gasteiger partial charge in [-0.3, -0.25) is 4.99 Å². The fourth-order valence-corrected chi connectivity index (χ4v) is 3.88. The van der Waals surface area contributed by atoms with Crippen molar-refractivity contribution in [1.82, 2.24) is 10.2 Å². The summed E-state index contributed by atoms with van der Waals surface area (Å²) in [6.07, 6.45) is 1.13. The molecular weight excluding hydrogens is 362 g/mol. The van der Waals surface area contributed by atoms with Crippen molar-refractivity contribution >= 4 is 5.96 Å². The second-order valence-electron chi connectivity index (χ2n) is 7.47. The van der Waals surface area contributed by atoms with Gasteiger partial charge in [-0.25, -0.2) is 0 Å². The molecule has 1 aliphatic rings. The van der Waals surface area contributed by atoms with Crippen LogP contribution in [0.25, 0.3) is 0 Å². The van der Waals surface area contributed by atoms with E-state index in [0.29, 0.717) is 19.1 Å². The highest BCUT2D eigenvalue weighted by Crippen LogP contribution is 2.24. The second-order valence-corrected chi connectivity index (χ2v) is 7.47. The molecule has 1 aliphatic heterocycles. The Bertz CT molecular complexity index is 697. The molecule has 1 atom stereocenters. The van der Waals surface area contributed by atoms with Crippen molar-refractivity contribution in [2.24, 2.45) is 10.9 Å². The van der Waals surface area contributed by atoms with Gasteiger partial charge in [0.05, 0.1) is 19.8 Å². The first-order chi connectivity index (χ1) is 14.3. The van der Waals surface area contributed by atoms with Crippen LogP contribution in [0.3, 0.4) is 0 Å². The number of nitrogens with one attached hydrogen (secondary N) is 1. The fraction of sp³-hybridized carbons (Fsp3) is 0.458. The topological polar surface area (TPSA) is 46.1 Å². The predicted molar refractivity (Wildman–Crippen MR) is 118 cm³/mol. The van der Waals surface area contributed by atoms with Gasteiger partial charge >= 0.3 is 0 Å². The zero-order chi connectivity index (χ0) is 20.3. The normalized spacial score (nSPS) is 17.1. The molecule has 0 bridgehead atoms. The molecule has 0 aliphatic carbocycles. The lowest BCUT2D eigenvalue weighted by molar-refractivity contribution is 0.0536. The Morgan fingerprint density at radius 2 is 1.72 bits per heavy atom. The molecule has 0 amide bonds. The lowest BCUT2D eigenvalue weighted by Gasteiger charge is -2.25. The molecule has 29 heavy (non-hydrogen) atoms. The average Bonchev–Trinajstić information content (AvgIpc) is 3.24. The highest BCUT2D eigenvalue weighted by Gasteiger charge is 2.25. The highest BCUT2D eigenvalue weighted by molar-refractivity contribution is 5.80.